The van der Waals surface area contributed by atoms with E-state index < -0.39 is 11.9 Å². The molecule has 2 saturated heterocycles. The molecule has 3 heterocycles. The van der Waals surface area contributed by atoms with Gasteiger partial charge < -0.3 is 19.5 Å². The molecule has 1 unspecified atom stereocenters. The van der Waals surface area contributed by atoms with Crippen molar-refractivity contribution in [1.29, 1.82) is 0 Å². The second kappa shape index (κ2) is 15.0. The molecule has 0 spiro atoms. The van der Waals surface area contributed by atoms with Crippen LogP contribution in [0.25, 0.3) is 0 Å². The fourth-order valence-electron chi connectivity index (χ4n) is 6.73. The molecular formula is C32H50N2O5. The van der Waals surface area contributed by atoms with Gasteiger partial charge in [-0.2, -0.15) is 0 Å². The van der Waals surface area contributed by atoms with E-state index in [0.29, 0.717) is 19.7 Å². The first kappa shape index (κ1) is 29.9. The van der Waals surface area contributed by atoms with Crippen molar-refractivity contribution >= 4 is 11.9 Å². The van der Waals surface area contributed by atoms with E-state index in [1.54, 1.807) is 0 Å². The minimum absolute atomic E-state index is 0.144. The average Bonchev–Trinajstić information content (AvgIpc) is 3.56. The Hall–Kier alpha value is -2.12. The minimum Gasteiger partial charge on any atom is -0.493 e. The van der Waals surface area contributed by atoms with E-state index in [1.165, 1.54) is 19.3 Å². The fraction of sp³-hybridized carbons (Fsp3) is 0.750. The molecule has 0 aliphatic carbocycles. The first-order valence-corrected chi connectivity index (χ1v) is 15.6. The predicted octanol–water partition coefficient (Wildman–Crippen LogP) is 5.65. The minimum atomic E-state index is -0.760. The Labute approximate surface area is 235 Å². The molecule has 1 aromatic carbocycles. The van der Waals surface area contributed by atoms with Gasteiger partial charge in [0.05, 0.1) is 25.2 Å². The van der Waals surface area contributed by atoms with Crippen molar-refractivity contribution < 1.29 is 24.2 Å². The van der Waals surface area contributed by atoms with Gasteiger partial charge in [-0.05, 0) is 62.1 Å². The van der Waals surface area contributed by atoms with E-state index in [0.717, 1.165) is 94.4 Å². The number of carbonyl (C=O) groups excluding carboxylic acids is 1. The Morgan fingerprint density at radius 1 is 1.03 bits per heavy atom. The lowest BCUT2D eigenvalue weighted by atomic mass is 9.82. The van der Waals surface area contributed by atoms with Gasteiger partial charge in [0.1, 0.15) is 5.75 Å². The summed E-state index contributed by atoms with van der Waals surface area (Å²) in [5.74, 6) is -0.395. The summed E-state index contributed by atoms with van der Waals surface area (Å²) in [6, 6.07) is 6.01. The van der Waals surface area contributed by atoms with Crippen molar-refractivity contribution in [3.05, 3.63) is 29.3 Å². The molecule has 0 radical (unpaired) electrons. The number of carboxylic acid groups (broad SMARTS) is 1. The normalized spacial score (nSPS) is 24.9. The topological polar surface area (TPSA) is 79.3 Å². The second-order valence-corrected chi connectivity index (χ2v) is 11.8. The smallest absolute Gasteiger partial charge is 0.308 e. The Kier molecular flexibility index (Phi) is 11.5. The number of benzene rings is 1. The van der Waals surface area contributed by atoms with Crippen molar-refractivity contribution in [3.8, 4) is 5.75 Å². The van der Waals surface area contributed by atoms with Gasteiger partial charge in [0.2, 0.25) is 5.91 Å². The zero-order valence-corrected chi connectivity index (χ0v) is 24.2. The third-order valence-corrected chi connectivity index (χ3v) is 8.99. The summed E-state index contributed by atoms with van der Waals surface area (Å²) in [5, 5.41) is 10.5. The van der Waals surface area contributed by atoms with Crippen LogP contribution < -0.4 is 4.74 Å². The fourth-order valence-corrected chi connectivity index (χ4v) is 6.73. The molecule has 1 aromatic rings. The number of unbranched alkanes of at least 4 members (excludes halogenated alkanes) is 4. The van der Waals surface area contributed by atoms with Crippen molar-refractivity contribution in [2.75, 3.05) is 39.4 Å². The van der Waals surface area contributed by atoms with Crippen LogP contribution in [0.4, 0.5) is 0 Å². The molecule has 1 amide bonds. The number of carboxylic acids is 1. The van der Waals surface area contributed by atoms with E-state index in [1.807, 2.05) is 17.0 Å². The number of ether oxygens (including phenoxy) is 2. The predicted molar refractivity (Wildman–Crippen MR) is 153 cm³/mol. The van der Waals surface area contributed by atoms with Crippen LogP contribution in [0, 0.1) is 5.92 Å². The number of rotatable bonds is 15. The standard InChI is InChI=1S/C32H50N2O5/c1-3-5-7-9-18-33(17-6-4-2)30(35)23-34-22-27(24-12-15-29-25(21-24)16-20-39-29)31(32(36)37)28(34)14-13-26-11-8-10-19-38-26/h12,15,21,26-28,31H,3-11,13-14,16-20,22-23H2,1-2H3,(H,36,37)/t26?,27-,28+,31-/m1/s1. The van der Waals surface area contributed by atoms with Gasteiger partial charge in [-0.25, -0.2) is 0 Å². The molecule has 0 aromatic heterocycles. The number of nitrogens with zero attached hydrogens (tertiary/aromatic N) is 2. The van der Waals surface area contributed by atoms with Gasteiger partial charge in [0, 0.05) is 44.6 Å². The van der Waals surface area contributed by atoms with Crippen molar-refractivity contribution in [3.63, 3.8) is 0 Å². The molecule has 0 saturated carbocycles. The summed E-state index contributed by atoms with van der Waals surface area (Å²) in [7, 11) is 0. The number of aliphatic carboxylic acids is 1. The summed E-state index contributed by atoms with van der Waals surface area (Å²) in [6.45, 7) is 8.31. The lowest BCUT2D eigenvalue weighted by Crippen LogP contribution is -2.45. The summed E-state index contributed by atoms with van der Waals surface area (Å²) < 4.78 is 11.7. The maximum absolute atomic E-state index is 13.7. The highest BCUT2D eigenvalue weighted by Crippen LogP contribution is 2.41. The largest absolute Gasteiger partial charge is 0.493 e. The van der Waals surface area contributed by atoms with Gasteiger partial charge in [-0.15, -0.1) is 0 Å². The Morgan fingerprint density at radius 3 is 2.59 bits per heavy atom. The van der Waals surface area contributed by atoms with Crippen LogP contribution >= 0.6 is 0 Å². The van der Waals surface area contributed by atoms with Gasteiger partial charge >= 0.3 is 5.97 Å². The van der Waals surface area contributed by atoms with Crippen molar-refractivity contribution in [2.24, 2.45) is 5.92 Å². The highest BCUT2D eigenvalue weighted by atomic mass is 16.5. The first-order chi connectivity index (χ1) is 19.0. The molecule has 1 N–H and O–H groups in total. The number of amides is 1. The molecule has 3 aliphatic rings. The van der Waals surface area contributed by atoms with Crippen LogP contribution in [0.2, 0.25) is 0 Å². The van der Waals surface area contributed by atoms with E-state index >= 15 is 0 Å². The SMILES string of the molecule is CCCCCCN(CCCC)C(=O)CN1C[C@H](c2ccc3c(c2)CCO3)[C@@H](C(=O)O)[C@@H]1CCC1CCCCO1. The molecule has 4 rings (SSSR count). The van der Waals surface area contributed by atoms with Gasteiger partial charge in [0.25, 0.3) is 0 Å². The van der Waals surface area contributed by atoms with E-state index in [4.69, 9.17) is 9.47 Å². The van der Waals surface area contributed by atoms with Crippen LogP contribution in [0.5, 0.6) is 5.75 Å². The molecule has 4 atom stereocenters. The Balaban J connectivity index is 1.52. The number of carbonyl (C=O) groups is 2. The van der Waals surface area contributed by atoms with Crippen LogP contribution in [-0.2, 0) is 20.7 Å². The zero-order chi connectivity index (χ0) is 27.6. The molecule has 3 aliphatic heterocycles. The van der Waals surface area contributed by atoms with Crippen LogP contribution in [0.1, 0.15) is 102 Å². The molecule has 39 heavy (non-hydrogen) atoms. The summed E-state index contributed by atoms with van der Waals surface area (Å²) in [6.07, 6.45) is 12.6. The number of hydrogen-bond acceptors (Lipinski definition) is 5. The summed E-state index contributed by atoms with van der Waals surface area (Å²) >= 11 is 0. The van der Waals surface area contributed by atoms with Crippen molar-refractivity contribution in [1.82, 2.24) is 9.80 Å². The average molecular weight is 543 g/mol. The second-order valence-electron chi connectivity index (χ2n) is 11.8. The zero-order valence-electron chi connectivity index (χ0n) is 24.2. The van der Waals surface area contributed by atoms with Gasteiger partial charge in [0.15, 0.2) is 0 Å². The molecule has 218 valence electrons. The van der Waals surface area contributed by atoms with Crippen molar-refractivity contribution in [2.45, 2.75) is 109 Å². The van der Waals surface area contributed by atoms with E-state index in [9.17, 15) is 14.7 Å². The monoisotopic (exact) mass is 542 g/mol. The summed E-state index contributed by atoms with van der Waals surface area (Å²) in [4.78, 5) is 30.7. The van der Waals surface area contributed by atoms with Gasteiger partial charge in [-0.1, -0.05) is 51.7 Å². The number of likely N-dealkylation sites (tertiary alicyclic amines) is 1. The van der Waals surface area contributed by atoms with E-state index in [2.05, 4.69) is 24.8 Å². The van der Waals surface area contributed by atoms with Crippen LogP contribution in [0.15, 0.2) is 18.2 Å². The maximum atomic E-state index is 13.7. The van der Waals surface area contributed by atoms with Crippen LogP contribution in [-0.4, -0.2) is 78.3 Å². The molecule has 2 fully saturated rings. The molecule has 0 bridgehead atoms. The molecule has 7 heteroatoms. The number of fused-ring (bicyclic) bond motifs is 1. The third kappa shape index (κ3) is 7.97. The van der Waals surface area contributed by atoms with Gasteiger partial charge in [-0.3, -0.25) is 14.5 Å². The third-order valence-electron chi connectivity index (χ3n) is 8.99. The maximum Gasteiger partial charge on any atom is 0.308 e. The Morgan fingerprint density at radius 2 is 1.85 bits per heavy atom. The first-order valence-electron chi connectivity index (χ1n) is 15.6. The Bertz CT molecular complexity index is 931. The quantitative estimate of drug-likeness (QED) is 0.289. The lowest BCUT2D eigenvalue weighted by molar-refractivity contribution is -0.144. The number of hydrogen-bond donors (Lipinski definition) is 1. The molecule has 7 nitrogen and oxygen atoms in total. The lowest BCUT2D eigenvalue weighted by Gasteiger charge is -2.31. The molecular weight excluding hydrogens is 492 g/mol. The highest BCUT2D eigenvalue weighted by Gasteiger charge is 2.47. The van der Waals surface area contributed by atoms with Crippen LogP contribution in [0.3, 0.4) is 0 Å². The van der Waals surface area contributed by atoms with E-state index in [-0.39, 0.29) is 24.0 Å². The summed E-state index contributed by atoms with van der Waals surface area (Å²) in [5.41, 5.74) is 2.22. The highest BCUT2D eigenvalue weighted by molar-refractivity contribution is 5.79.